The number of oxazole rings is 1. The van der Waals surface area contributed by atoms with Crippen molar-refractivity contribution in [3.8, 4) is 11.5 Å². The van der Waals surface area contributed by atoms with Gasteiger partial charge in [0.1, 0.15) is 12.1 Å². The van der Waals surface area contributed by atoms with Gasteiger partial charge in [-0.3, -0.25) is 9.79 Å². The van der Waals surface area contributed by atoms with Gasteiger partial charge in [0.05, 0.1) is 5.69 Å². The zero-order chi connectivity index (χ0) is 21.6. The highest BCUT2D eigenvalue weighted by Crippen LogP contribution is 2.27. The van der Waals surface area contributed by atoms with Gasteiger partial charge < -0.3 is 20.0 Å². The van der Waals surface area contributed by atoms with Crippen LogP contribution in [0.15, 0.2) is 39.9 Å². The quantitative estimate of drug-likeness (QED) is 0.547. The topological polar surface area (TPSA) is 82.8 Å². The molecule has 0 spiro atoms. The summed E-state index contributed by atoms with van der Waals surface area (Å²) in [5, 5.41) is 6.73. The number of benzene rings is 1. The number of guanidine groups is 1. The number of nitrogens with zero attached hydrogens (tertiary/aromatic N) is 3. The van der Waals surface area contributed by atoms with Crippen LogP contribution in [0.25, 0.3) is 11.5 Å². The molecule has 2 heterocycles. The van der Waals surface area contributed by atoms with Crippen LogP contribution in [0.3, 0.4) is 0 Å². The summed E-state index contributed by atoms with van der Waals surface area (Å²) in [6, 6.07) is 6.30. The van der Waals surface area contributed by atoms with Crippen LogP contribution in [0, 0.1) is 11.7 Å². The summed E-state index contributed by atoms with van der Waals surface area (Å²) in [5.74, 6) is 1.48. The summed E-state index contributed by atoms with van der Waals surface area (Å²) in [6.45, 7) is 2.20. The number of amides is 1. The predicted octanol–water partition coefficient (Wildman–Crippen LogP) is 2.98. The fourth-order valence-electron chi connectivity index (χ4n) is 4.35. The van der Waals surface area contributed by atoms with E-state index >= 15 is 0 Å². The Morgan fingerprint density at radius 1 is 1.26 bits per heavy atom. The number of rotatable bonds is 6. The first-order valence-electron chi connectivity index (χ1n) is 11.1. The van der Waals surface area contributed by atoms with Crippen LogP contribution in [0.2, 0.25) is 0 Å². The van der Waals surface area contributed by atoms with Crippen molar-refractivity contribution in [1.82, 2.24) is 20.5 Å². The van der Waals surface area contributed by atoms with E-state index in [-0.39, 0.29) is 17.8 Å². The highest BCUT2D eigenvalue weighted by Gasteiger charge is 2.32. The molecule has 2 fully saturated rings. The normalized spacial score (nSPS) is 19.7. The molecule has 2 N–H and O–H groups in total. The second-order valence-corrected chi connectivity index (χ2v) is 8.30. The highest BCUT2D eigenvalue weighted by molar-refractivity contribution is 5.81. The minimum atomic E-state index is -0.285. The first-order valence-corrected chi connectivity index (χ1v) is 11.1. The van der Waals surface area contributed by atoms with Gasteiger partial charge in [0, 0.05) is 50.6 Å². The van der Waals surface area contributed by atoms with Gasteiger partial charge >= 0.3 is 0 Å². The van der Waals surface area contributed by atoms with Gasteiger partial charge in [0.2, 0.25) is 11.8 Å². The van der Waals surface area contributed by atoms with Crippen molar-refractivity contribution >= 4 is 11.9 Å². The maximum atomic E-state index is 13.1. The Labute approximate surface area is 182 Å². The molecule has 1 atom stereocenters. The third-order valence-corrected chi connectivity index (χ3v) is 6.09. The molecule has 1 unspecified atom stereocenters. The van der Waals surface area contributed by atoms with Crippen molar-refractivity contribution in [2.24, 2.45) is 10.9 Å². The highest BCUT2D eigenvalue weighted by atomic mass is 19.1. The molecular weight excluding hydrogens is 397 g/mol. The largest absolute Gasteiger partial charge is 0.444 e. The van der Waals surface area contributed by atoms with Gasteiger partial charge in [0.15, 0.2) is 5.96 Å². The Balaban J connectivity index is 1.21. The number of likely N-dealkylation sites (tertiary alicyclic amines) is 1. The van der Waals surface area contributed by atoms with E-state index < -0.39 is 0 Å². The zero-order valence-electron chi connectivity index (χ0n) is 17.9. The number of hydrogen-bond donors (Lipinski definition) is 2. The second kappa shape index (κ2) is 9.94. The summed E-state index contributed by atoms with van der Waals surface area (Å²) in [7, 11) is 1.74. The van der Waals surface area contributed by atoms with Gasteiger partial charge in [-0.25, -0.2) is 9.37 Å². The van der Waals surface area contributed by atoms with Crippen molar-refractivity contribution in [1.29, 1.82) is 0 Å². The summed E-state index contributed by atoms with van der Waals surface area (Å²) in [4.78, 5) is 23.4. The van der Waals surface area contributed by atoms with Crippen molar-refractivity contribution in [3.63, 3.8) is 0 Å². The number of carbonyl (C=O) groups is 1. The first kappa shape index (κ1) is 21.3. The molecule has 0 bridgehead atoms. The maximum Gasteiger partial charge on any atom is 0.226 e. The number of nitrogens with one attached hydrogen (secondary N) is 2. The Bertz CT molecular complexity index is 905. The van der Waals surface area contributed by atoms with E-state index in [1.165, 1.54) is 25.0 Å². The van der Waals surface area contributed by atoms with Crippen molar-refractivity contribution in [2.45, 2.75) is 44.6 Å². The van der Waals surface area contributed by atoms with E-state index in [0.29, 0.717) is 24.8 Å². The van der Waals surface area contributed by atoms with Crippen LogP contribution >= 0.6 is 0 Å². The Morgan fingerprint density at radius 2 is 2.03 bits per heavy atom. The molecule has 1 aromatic carbocycles. The zero-order valence-corrected chi connectivity index (χ0v) is 17.9. The molecule has 2 aliphatic rings. The van der Waals surface area contributed by atoms with Crippen LogP contribution in [0.1, 0.15) is 37.8 Å². The lowest BCUT2D eigenvalue weighted by Crippen LogP contribution is -2.45. The monoisotopic (exact) mass is 427 g/mol. The molecule has 7 nitrogen and oxygen atoms in total. The fraction of sp³-hybridized carbons (Fsp3) is 0.522. The van der Waals surface area contributed by atoms with E-state index in [1.807, 2.05) is 4.90 Å². The molecule has 1 saturated heterocycles. The average Bonchev–Trinajstić information content (AvgIpc) is 3.55. The van der Waals surface area contributed by atoms with Crippen molar-refractivity contribution < 1.29 is 13.6 Å². The smallest absolute Gasteiger partial charge is 0.226 e. The molecule has 1 aliphatic carbocycles. The van der Waals surface area contributed by atoms with Crippen molar-refractivity contribution in [3.05, 3.63) is 42.0 Å². The molecule has 1 aromatic heterocycles. The Morgan fingerprint density at radius 3 is 2.77 bits per heavy atom. The molecule has 166 valence electrons. The predicted molar refractivity (Wildman–Crippen MR) is 117 cm³/mol. The number of aromatic nitrogens is 1. The number of carbonyl (C=O) groups excluding carboxylic acids is 1. The minimum Gasteiger partial charge on any atom is -0.444 e. The summed E-state index contributed by atoms with van der Waals surface area (Å²) < 4.78 is 18.6. The van der Waals surface area contributed by atoms with E-state index in [4.69, 9.17) is 4.42 Å². The molecular formula is C23H30FN5O2. The minimum absolute atomic E-state index is 0.216. The summed E-state index contributed by atoms with van der Waals surface area (Å²) in [5.41, 5.74) is 1.56. The van der Waals surface area contributed by atoms with Crippen LogP contribution in [-0.2, 0) is 11.2 Å². The van der Waals surface area contributed by atoms with Crippen LogP contribution in [0.5, 0.6) is 0 Å². The average molecular weight is 428 g/mol. The molecule has 0 radical (unpaired) electrons. The second-order valence-electron chi connectivity index (χ2n) is 8.30. The maximum absolute atomic E-state index is 13.1. The molecule has 4 rings (SSSR count). The van der Waals surface area contributed by atoms with E-state index in [1.54, 1.807) is 25.4 Å². The van der Waals surface area contributed by atoms with Crippen LogP contribution in [0.4, 0.5) is 4.39 Å². The van der Waals surface area contributed by atoms with Crippen molar-refractivity contribution in [2.75, 3.05) is 26.7 Å². The molecule has 1 aliphatic heterocycles. The number of hydrogen-bond acceptors (Lipinski definition) is 4. The summed E-state index contributed by atoms with van der Waals surface area (Å²) >= 11 is 0. The summed E-state index contributed by atoms with van der Waals surface area (Å²) in [6.07, 6.45) is 7.67. The molecule has 8 heteroatoms. The van der Waals surface area contributed by atoms with Gasteiger partial charge in [0.25, 0.3) is 0 Å². The lowest BCUT2D eigenvalue weighted by Gasteiger charge is -2.21. The molecule has 31 heavy (non-hydrogen) atoms. The SMILES string of the molecule is CN=C(NCCc1coc(-c2ccc(F)cc2)n1)NC1CCN(C(=O)C2CCCC2)C1. The third kappa shape index (κ3) is 5.42. The van der Waals surface area contributed by atoms with E-state index in [0.717, 1.165) is 49.6 Å². The number of aliphatic imine (C=N–C) groups is 1. The molecule has 1 saturated carbocycles. The fourth-order valence-corrected chi connectivity index (χ4v) is 4.35. The molecule has 2 aromatic rings. The van der Waals surface area contributed by atoms with E-state index in [9.17, 15) is 9.18 Å². The van der Waals surface area contributed by atoms with Gasteiger partial charge in [-0.2, -0.15) is 0 Å². The van der Waals surface area contributed by atoms with Crippen LogP contribution in [-0.4, -0.2) is 54.5 Å². The number of halogens is 1. The standard InChI is InChI=1S/C23H30FN5O2/c1-25-23(28-19-11-13-29(14-19)22(30)17-4-2-3-5-17)26-12-10-20-15-31-21(27-20)16-6-8-18(24)9-7-16/h6-9,15,17,19H,2-5,10-14H2,1H3,(H2,25,26,28). The lowest BCUT2D eigenvalue weighted by atomic mass is 10.1. The van der Waals surface area contributed by atoms with Gasteiger partial charge in [-0.05, 0) is 43.5 Å². The Kier molecular flexibility index (Phi) is 6.84. The Hall–Kier alpha value is -2.90. The van der Waals surface area contributed by atoms with Gasteiger partial charge in [-0.15, -0.1) is 0 Å². The lowest BCUT2D eigenvalue weighted by molar-refractivity contribution is -0.134. The first-order chi connectivity index (χ1) is 15.1. The van der Waals surface area contributed by atoms with E-state index in [2.05, 4.69) is 20.6 Å². The van der Waals surface area contributed by atoms with Gasteiger partial charge in [-0.1, -0.05) is 12.8 Å². The third-order valence-electron chi connectivity index (χ3n) is 6.09. The molecule has 1 amide bonds. The van der Waals surface area contributed by atoms with Crippen LogP contribution < -0.4 is 10.6 Å².